The molecule has 148 valence electrons. The molecule has 0 unspecified atom stereocenters. The molecule has 2 aromatic carbocycles. The second kappa shape index (κ2) is 11.6. The molecule has 1 aliphatic rings. The Morgan fingerprint density at radius 2 is 1.67 bits per heavy atom. The molecule has 2 aromatic rings. The first kappa shape index (κ1) is 23.0. The van der Waals surface area contributed by atoms with Gasteiger partial charge in [-0.15, -0.1) is 22.8 Å². The smallest absolute Gasteiger partial charge is 0.246 e. The maximum atomic E-state index is 13.8. The molecule has 2 amide bonds. The van der Waals surface area contributed by atoms with Gasteiger partial charge in [0.2, 0.25) is 0 Å². The minimum absolute atomic E-state index is 0.201. The quantitative estimate of drug-likeness (QED) is 0.696. The lowest BCUT2D eigenvalue weighted by molar-refractivity contribution is 0.214. The summed E-state index contributed by atoms with van der Waals surface area (Å²) in [4.78, 5) is 12.8. The first-order valence-electron chi connectivity index (χ1n) is 9.13. The lowest BCUT2D eigenvalue weighted by atomic mass is 10.1. The van der Waals surface area contributed by atoms with Gasteiger partial charge in [0.25, 0.3) is 0 Å². The number of hydrogen-bond donors (Lipinski definition) is 2. The summed E-state index contributed by atoms with van der Waals surface area (Å²) in [5.74, 6) is 0.336. The van der Waals surface area contributed by atoms with E-state index in [0.717, 1.165) is 16.8 Å². The Balaban J connectivity index is 0.000000855. The van der Waals surface area contributed by atoms with Gasteiger partial charge in [-0.2, -0.15) is 0 Å². The second-order valence-corrected chi connectivity index (χ2v) is 6.21. The third-order valence-electron chi connectivity index (χ3n) is 3.64. The lowest BCUT2D eigenvalue weighted by Crippen LogP contribution is -2.38. The third-order valence-corrected chi connectivity index (χ3v) is 4.72. The van der Waals surface area contributed by atoms with Gasteiger partial charge in [-0.1, -0.05) is 52.0 Å². The predicted molar refractivity (Wildman–Crippen MR) is 112 cm³/mol. The van der Waals surface area contributed by atoms with Crippen LogP contribution in [0.3, 0.4) is 0 Å². The van der Waals surface area contributed by atoms with E-state index in [1.165, 1.54) is 27.8 Å². The van der Waals surface area contributed by atoms with Gasteiger partial charge in [-0.05, 0) is 36.2 Å². The minimum Gasteiger partial charge on any atom is -0.246 e. The fourth-order valence-electron chi connectivity index (χ4n) is 2.33. The van der Waals surface area contributed by atoms with Crippen LogP contribution in [-0.4, -0.2) is 18.1 Å². The molecule has 3 rings (SSSR count). The molecule has 0 spiro atoms. The monoisotopic (exact) mass is 392 g/mol. The molecular formula is C20H29FN4OS. The molecule has 0 saturated carbocycles. The van der Waals surface area contributed by atoms with E-state index in [-0.39, 0.29) is 11.8 Å². The zero-order valence-electron chi connectivity index (χ0n) is 16.8. The van der Waals surface area contributed by atoms with Gasteiger partial charge in [-0.3, -0.25) is 0 Å². The highest BCUT2D eigenvalue weighted by atomic mass is 32.2. The normalized spacial score (nSPS) is 12.9. The number of carbonyl (C=O) groups excluding carboxylic acids is 1. The molecule has 1 fully saturated rings. The molecule has 27 heavy (non-hydrogen) atoms. The van der Waals surface area contributed by atoms with Crippen molar-refractivity contribution in [2.24, 2.45) is 0 Å². The number of benzene rings is 2. The molecule has 1 saturated heterocycles. The van der Waals surface area contributed by atoms with Gasteiger partial charge < -0.3 is 0 Å². The largest absolute Gasteiger partial charge is 0.355 e. The standard InChI is InChI=1S/C16H17FN4OS.2C2H6/c1-11-6-5-8-14(21-16(22)20(2)18-19-21)12(11)10-23-15-9-4-3-7-13(15)17;2*1-2/h3-9,18-19H,10H2,1-2H3;2*1-2H3. The summed E-state index contributed by atoms with van der Waals surface area (Å²) in [6.07, 6.45) is 0. The minimum atomic E-state index is -0.232. The summed E-state index contributed by atoms with van der Waals surface area (Å²) >= 11 is 1.41. The van der Waals surface area contributed by atoms with Gasteiger partial charge in [0.1, 0.15) is 5.82 Å². The van der Waals surface area contributed by atoms with Crippen LogP contribution in [0.25, 0.3) is 0 Å². The number of amides is 2. The summed E-state index contributed by atoms with van der Waals surface area (Å²) in [7, 11) is 1.64. The van der Waals surface area contributed by atoms with Crippen LogP contribution in [0, 0.1) is 12.7 Å². The van der Waals surface area contributed by atoms with Crippen molar-refractivity contribution in [1.82, 2.24) is 16.1 Å². The van der Waals surface area contributed by atoms with Crippen LogP contribution in [0.15, 0.2) is 47.4 Å². The Labute approximate surface area is 165 Å². The average Bonchev–Trinajstić information content (AvgIpc) is 3.04. The number of nitrogens with one attached hydrogen (secondary N) is 2. The Hall–Kier alpha value is -2.09. The van der Waals surface area contributed by atoms with Gasteiger partial charge in [0.05, 0.1) is 5.69 Å². The number of carbonyl (C=O) groups is 1. The van der Waals surface area contributed by atoms with E-state index in [4.69, 9.17) is 0 Å². The van der Waals surface area contributed by atoms with E-state index in [2.05, 4.69) is 11.1 Å². The van der Waals surface area contributed by atoms with Crippen LogP contribution in [0.4, 0.5) is 14.9 Å². The number of urea groups is 1. The summed E-state index contributed by atoms with van der Waals surface area (Å²) in [6, 6.07) is 12.2. The molecule has 5 nitrogen and oxygen atoms in total. The van der Waals surface area contributed by atoms with Crippen molar-refractivity contribution in [2.75, 3.05) is 12.1 Å². The first-order chi connectivity index (χ1) is 13.1. The van der Waals surface area contributed by atoms with E-state index in [0.29, 0.717) is 10.6 Å². The Kier molecular flexibility index (Phi) is 9.85. The number of nitrogens with zero attached hydrogens (tertiary/aromatic N) is 2. The molecular weight excluding hydrogens is 363 g/mol. The van der Waals surface area contributed by atoms with Crippen molar-refractivity contribution in [3.8, 4) is 0 Å². The van der Waals surface area contributed by atoms with Crippen molar-refractivity contribution < 1.29 is 9.18 Å². The van der Waals surface area contributed by atoms with Crippen molar-refractivity contribution in [2.45, 2.75) is 45.3 Å². The highest BCUT2D eigenvalue weighted by Gasteiger charge is 2.28. The summed E-state index contributed by atoms with van der Waals surface area (Å²) < 4.78 is 13.8. The Morgan fingerprint density at radius 3 is 2.26 bits per heavy atom. The van der Waals surface area contributed by atoms with E-state index in [9.17, 15) is 9.18 Å². The van der Waals surface area contributed by atoms with E-state index in [1.54, 1.807) is 19.2 Å². The molecule has 0 aromatic heterocycles. The van der Waals surface area contributed by atoms with E-state index < -0.39 is 0 Å². The maximum Gasteiger partial charge on any atom is 0.355 e. The van der Waals surface area contributed by atoms with Gasteiger partial charge in [0, 0.05) is 17.7 Å². The van der Waals surface area contributed by atoms with Crippen LogP contribution < -0.4 is 16.1 Å². The van der Waals surface area contributed by atoms with E-state index in [1.807, 2.05) is 58.9 Å². The highest BCUT2D eigenvalue weighted by Crippen LogP contribution is 2.32. The fourth-order valence-corrected chi connectivity index (χ4v) is 3.39. The number of rotatable bonds is 4. The maximum absolute atomic E-state index is 13.8. The topological polar surface area (TPSA) is 47.6 Å². The summed E-state index contributed by atoms with van der Waals surface area (Å²) in [5.41, 5.74) is 8.36. The number of hydrogen-bond acceptors (Lipinski definition) is 4. The molecule has 0 atom stereocenters. The zero-order valence-corrected chi connectivity index (χ0v) is 17.7. The third kappa shape index (κ3) is 5.69. The van der Waals surface area contributed by atoms with Gasteiger partial charge in [-0.25, -0.2) is 19.2 Å². The summed E-state index contributed by atoms with van der Waals surface area (Å²) in [5, 5.41) is 2.81. The first-order valence-corrected chi connectivity index (χ1v) is 10.1. The average molecular weight is 393 g/mol. The van der Waals surface area contributed by atoms with Crippen LogP contribution in [0.2, 0.25) is 0 Å². The molecule has 2 N–H and O–H groups in total. The van der Waals surface area contributed by atoms with Crippen molar-refractivity contribution >= 4 is 23.5 Å². The van der Waals surface area contributed by atoms with Crippen LogP contribution in [0.1, 0.15) is 38.8 Å². The van der Waals surface area contributed by atoms with Crippen LogP contribution in [0.5, 0.6) is 0 Å². The second-order valence-electron chi connectivity index (χ2n) is 5.19. The Bertz CT molecular complexity index is 742. The van der Waals surface area contributed by atoms with Crippen molar-refractivity contribution in [3.63, 3.8) is 0 Å². The van der Waals surface area contributed by atoms with E-state index >= 15 is 0 Å². The van der Waals surface area contributed by atoms with Gasteiger partial charge in [0.15, 0.2) is 0 Å². The molecule has 0 aliphatic carbocycles. The van der Waals surface area contributed by atoms with Crippen LogP contribution >= 0.6 is 11.8 Å². The number of hydrazine groups is 3. The SMILES string of the molecule is CC.CC.Cc1cccc(N2NNN(C)C2=O)c1CSc1ccccc1F. The number of thioether (sulfide) groups is 1. The van der Waals surface area contributed by atoms with Crippen molar-refractivity contribution in [3.05, 3.63) is 59.4 Å². The number of aryl methyl sites for hydroxylation is 1. The van der Waals surface area contributed by atoms with Crippen molar-refractivity contribution in [1.29, 1.82) is 0 Å². The van der Waals surface area contributed by atoms with Crippen LogP contribution in [-0.2, 0) is 5.75 Å². The highest BCUT2D eigenvalue weighted by molar-refractivity contribution is 7.98. The fraction of sp³-hybridized carbons (Fsp3) is 0.350. The summed E-state index contributed by atoms with van der Waals surface area (Å²) in [6.45, 7) is 9.98. The molecule has 0 radical (unpaired) electrons. The molecule has 7 heteroatoms. The lowest BCUT2D eigenvalue weighted by Gasteiger charge is -2.19. The number of halogens is 1. The molecule has 1 heterocycles. The Morgan fingerprint density at radius 1 is 1.00 bits per heavy atom. The van der Waals surface area contributed by atoms with Gasteiger partial charge >= 0.3 is 6.03 Å². The molecule has 1 aliphatic heterocycles. The number of anilines is 1. The molecule has 0 bridgehead atoms. The predicted octanol–water partition coefficient (Wildman–Crippen LogP) is 5.27. The zero-order chi connectivity index (χ0) is 20.4.